The van der Waals surface area contributed by atoms with Crippen molar-refractivity contribution in [3.63, 3.8) is 0 Å². The van der Waals surface area contributed by atoms with E-state index in [0.29, 0.717) is 0 Å². The first-order valence-electron chi connectivity index (χ1n) is 7.65. The molecule has 2 aromatic carbocycles. The van der Waals surface area contributed by atoms with Crippen LogP contribution in [0.5, 0.6) is 0 Å². The number of Topliss-reactive ketones (excluding diaryl/α,β-unsaturated/α-hetero) is 1. The third-order valence-electron chi connectivity index (χ3n) is 4.34. The summed E-state index contributed by atoms with van der Waals surface area (Å²) >= 11 is 0. The Kier molecular flexibility index (Phi) is 2.79. The van der Waals surface area contributed by atoms with Crippen LogP contribution < -0.4 is 0 Å². The van der Waals surface area contributed by atoms with Gasteiger partial charge in [-0.1, -0.05) is 42.5 Å². The minimum absolute atomic E-state index is 0.0586. The van der Waals surface area contributed by atoms with Gasteiger partial charge in [-0.3, -0.25) is 14.5 Å². The summed E-state index contributed by atoms with van der Waals surface area (Å²) in [6, 6.07) is 15.7. The molecule has 0 saturated carbocycles. The molecular formula is C19H17N3O. The fourth-order valence-electron chi connectivity index (χ4n) is 3.22. The normalized spacial score (nSPS) is 16.3. The van der Waals surface area contributed by atoms with Crippen molar-refractivity contribution in [1.29, 1.82) is 0 Å². The Labute approximate surface area is 134 Å². The first kappa shape index (κ1) is 13.9. The maximum Gasteiger partial charge on any atom is 0.190 e. The van der Waals surface area contributed by atoms with Gasteiger partial charge in [-0.15, -0.1) is 0 Å². The van der Waals surface area contributed by atoms with Crippen LogP contribution in [0.3, 0.4) is 0 Å². The smallest absolute Gasteiger partial charge is 0.190 e. The zero-order valence-electron chi connectivity index (χ0n) is 13.4. The molecule has 3 aromatic rings. The second kappa shape index (κ2) is 4.62. The molecule has 0 radical (unpaired) electrons. The summed E-state index contributed by atoms with van der Waals surface area (Å²) in [6.45, 7) is 3.73. The van der Waals surface area contributed by atoms with Gasteiger partial charge in [0.25, 0.3) is 0 Å². The van der Waals surface area contributed by atoms with Crippen LogP contribution in [0.4, 0.5) is 0 Å². The molecule has 23 heavy (non-hydrogen) atoms. The van der Waals surface area contributed by atoms with Crippen molar-refractivity contribution in [1.82, 2.24) is 9.78 Å². The number of hydrogen-bond donors (Lipinski definition) is 0. The van der Waals surface area contributed by atoms with Crippen LogP contribution in [-0.4, -0.2) is 26.8 Å². The number of nitrogens with zero attached hydrogens (tertiary/aromatic N) is 3. The van der Waals surface area contributed by atoms with Gasteiger partial charge in [0.05, 0.1) is 16.9 Å². The molecule has 0 bridgehead atoms. The highest BCUT2D eigenvalue weighted by Crippen LogP contribution is 2.31. The number of aromatic nitrogens is 2. The lowest BCUT2D eigenvalue weighted by Gasteiger charge is -2.27. The molecule has 114 valence electrons. The molecule has 1 aliphatic heterocycles. The van der Waals surface area contributed by atoms with Crippen LogP contribution in [0.2, 0.25) is 0 Å². The molecule has 2 heterocycles. The van der Waals surface area contributed by atoms with E-state index in [0.717, 1.165) is 33.4 Å². The molecule has 0 spiro atoms. The Bertz CT molecular complexity index is 979. The Morgan fingerprint density at radius 1 is 0.957 bits per heavy atom. The van der Waals surface area contributed by atoms with E-state index in [1.807, 2.05) is 74.1 Å². The van der Waals surface area contributed by atoms with E-state index >= 15 is 0 Å². The number of benzene rings is 2. The fourth-order valence-corrected chi connectivity index (χ4v) is 3.22. The average molecular weight is 303 g/mol. The predicted octanol–water partition coefficient (Wildman–Crippen LogP) is 3.39. The van der Waals surface area contributed by atoms with Crippen molar-refractivity contribution in [3.8, 4) is 0 Å². The number of carbonyl (C=O) groups is 1. The van der Waals surface area contributed by atoms with Crippen LogP contribution in [0.25, 0.3) is 10.9 Å². The molecule has 4 heteroatoms. The molecule has 1 aliphatic rings. The summed E-state index contributed by atoms with van der Waals surface area (Å²) in [5.41, 5.74) is 3.56. The third-order valence-corrected chi connectivity index (χ3v) is 4.34. The van der Waals surface area contributed by atoms with E-state index in [1.165, 1.54) is 0 Å². The van der Waals surface area contributed by atoms with Crippen molar-refractivity contribution in [2.24, 2.45) is 12.0 Å². The summed E-state index contributed by atoms with van der Waals surface area (Å²) in [7, 11) is 1.92. The molecule has 0 aliphatic carbocycles. The molecule has 0 atom stereocenters. The Balaban J connectivity index is 2.08. The number of ketones is 1. The van der Waals surface area contributed by atoms with E-state index in [2.05, 4.69) is 5.10 Å². The number of aliphatic imine (C=N–C) groups is 1. The molecule has 0 fully saturated rings. The molecule has 1 aromatic heterocycles. The predicted molar refractivity (Wildman–Crippen MR) is 91.2 cm³/mol. The maximum atomic E-state index is 12.7. The van der Waals surface area contributed by atoms with Crippen molar-refractivity contribution in [3.05, 3.63) is 65.4 Å². The quantitative estimate of drug-likeness (QED) is 0.692. The second-order valence-electron chi connectivity index (χ2n) is 6.38. The number of aryl methyl sites for hydroxylation is 1. The third kappa shape index (κ3) is 1.95. The van der Waals surface area contributed by atoms with Crippen LogP contribution in [0.1, 0.15) is 35.5 Å². The number of rotatable bonds is 1. The molecule has 4 rings (SSSR count). The highest BCUT2D eigenvalue weighted by Gasteiger charge is 2.36. The van der Waals surface area contributed by atoms with Gasteiger partial charge in [-0.05, 0) is 19.9 Å². The van der Waals surface area contributed by atoms with Crippen molar-refractivity contribution >= 4 is 22.4 Å². The van der Waals surface area contributed by atoms with E-state index in [4.69, 9.17) is 4.99 Å². The van der Waals surface area contributed by atoms with Gasteiger partial charge in [0, 0.05) is 23.6 Å². The topological polar surface area (TPSA) is 47.2 Å². The molecule has 0 amide bonds. The minimum Gasteiger partial charge on any atom is -0.291 e. The summed E-state index contributed by atoms with van der Waals surface area (Å²) in [5, 5.41) is 5.63. The summed E-state index contributed by atoms with van der Waals surface area (Å²) in [6.07, 6.45) is 0. The van der Waals surface area contributed by atoms with Crippen LogP contribution in [0.15, 0.2) is 53.5 Å². The highest BCUT2D eigenvalue weighted by molar-refractivity contribution is 6.26. The molecule has 4 nitrogen and oxygen atoms in total. The Hall–Kier alpha value is -2.75. The Morgan fingerprint density at radius 2 is 1.61 bits per heavy atom. The zero-order valence-corrected chi connectivity index (χ0v) is 13.4. The van der Waals surface area contributed by atoms with Gasteiger partial charge in [-0.2, -0.15) is 5.10 Å². The van der Waals surface area contributed by atoms with Gasteiger partial charge >= 0.3 is 0 Å². The fraction of sp³-hybridized carbons (Fsp3) is 0.211. The van der Waals surface area contributed by atoms with Gasteiger partial charge in [0.1, 0.15) is 5.54 Å². The lowest BCUT2D eigenvalue weighted by atomic mass is 9.84. The minimum atomic E-state index is -0.769. The molecule has 0 unspecified atom stereocenters. The van der Waals surface area contributed by atoms with Crippen LogP contribution in [0, 0.1) is 0 Å². The molecular weight excluding hydrogens is 286 g/mol. The largest absolute Gasteiger partial charge is 0.291 e. The lowest BCUT2D eigenvalue weighted by Crippen LogP contribution is -2.37. The first-order valence-corrected chi connectivity index (χ1v) is 7.65. The lowest BCUT2D eigenvalue weighted by molar-refractivity contribution is 0.0912. The van der Waals surface area contributed by atoms with Crippen molar-refractivity contribution < 1.29 is 4.79 Å². The molecule has 0 saturated heterocycles. The van der Waals surface area contributed by atoms with Crippen LogP contribution >= 0.6 is 0 Å². The summed E-state index contributed by atoms with van der Waals surface area (Å²) in [5.74, 6) is 0.0586. The standard InChI is InChI=1S/C19H17N3O/c1-19(2)18(23)13-9-5-4-8-12(13)16(20-19)17-14-10-6-7-11-15(14)21-22(17)3/h4-11H,1-3H3. The molecule has 0 N–H and O–H groups in total. The van der Waals surface area contributed by atoms with Gasteiger partial charge in [-0.25, -0.2) is 0 Å². The number of carbonyl (C=O) groups excluding carboxylic acids is 1. The number of hydrogen-bond acceptors (Lipinski definition) is 3. The highest BCUT2D eigenvalue weighted by atomic mass is 16.1. The second-order valence-corrected chi connectivity index (χ2v) is 6.38. The SMILES string of the molecule is Cn1nc2ccccc2c1C1=NC(C)(C)C(=O)c2ccccc21. The average Bonchev–Trinajstić information content (AvgIpc) is 2.87. The van der Waals surface area contributed by atoms with E-state index in [1.54, 1.807) is 0 Å². The monoisotopic (exact) mass is 303 g/mol. The Morgan fingerprint density at radius 3 is 2.39 bits per heavy atom. The summed E-state index contributed by atoms with van der Waals surface area (Å²) in [4.78, 5) is 17.5. The van der Waals surface area contributed by atoms with Crippen LogP contribution in [-0.2, 0) is 7.05 Å². The van der Waals surface area contributed by atoms with Crippen molar-refractivity contribution in [2.45, 2.75) is 19.4 Å². The van der Waals surface area contributed by atoms with E-state index < -0.39 is 5.54 Å². The van der Waals surface area contributed by atoms with E-state index in [9.17, 15) is 4.79 Å². The number of fused-ring (bicyclic) bond motifs is 2. The van der Waals surface area contributed by atoms with Crippen molar-refractivity contribution in [2.75, 3.05) is 0 Å². The zero-order chi connectivity index (χ0) is 16.2. The first-order chi connectivity index (χ1) is 11.0. The maximum absolute atomic E-state index is 12.7. The van der Waals surface area contributed by atoms with E-state index in [-0.39, 0.29) is 5.78 Å². The summed E-state index contributed by atoms with van der Waals surface area (Å²) < 4.78 is 1.85. The van der Waals surface area contributed by atoms with Gasteiger partial charge in [0.2, 0.25) is 0 Å². The van der Waals surface area contributed by atoms with Gasteiger partial charge < -0.3 is 0 Å². The van der Waals surface area contributed by atoms with Gasteiger partial charge in [0.15, 0.2) is 5.78 Å².